The zero-order valence-corrected chi connectivity index (χ0v) is 11.7. The minimum absolute atomic E-state index is 0.255. The number of nitrogens with zero attached hydrogens (tertiary/aromatic N) is 3. The maximum Gasteiger partial charge on any atom is 0.271 e. The number of aromatic nitrogens is 3. The number of carbonyl (C=O) groups is 1. The number of rotatable bonds is 4. The molecule has 0 bridgehead atoms. The lowest BCUT2D eigenvalue weighted by atomic mass is 10.2. The summed E-state index contributed by atoms with van der Waals surface area (Å²) in [6.07, 6.45) is 5.21. The molecular formula is C15H16N4O2. The number of hydrogen-bond donors (Lipinski definition) is 2. The van der Waals surface area contributed by atoms with Gasteiger partial charge in [0, 0.05) is 18.9 Å². The molecule has 6 heteroatoms. The Morgan fingerprint density at radius 1 is 1.52 bits per heavy atom. The van der Waals surface area contributed by atoms with Gasteiger partial charge in [0.1, 0.15) is 12.3 Å². The minimum Gasteiger partial charge on any atom is -0.384 e. The molecule has 0 aliphatic carbocycles. The highest BCUT2D eigenvalue weighted by Gasteiger charge is 2.10. The third kappa shape index (κ3) is 4.16. The highest BCUT2D eigenvalue weighted by molar-refractivity contribution is 5.94. The molecular weight excluding hydrogens is 268 g/mol. The number of hydrogen-bond acceptors (Lipinski definition) is 4. The molecule has 0 spiro atoms. The van der Waals surface area contributed by atoms with Crippen molar-refractivity contribution in [1.29, 1.82) is 0 Å². The quantitative estimate of drug-likeness (QED) is 0.795. The third-order valence-corrected chi connectivity index (χ3v) is 2.71. The topological polar surface area (TPSA) is 80.0 Å². The molecule has 0 fully saturated rings. The van der Waals surface area contributed by atoms with Crippen LogP contribution in [0.4, 0.5) is 0 Å². The fraction of sp³-hybridized carbons (Fsp3) is 0.267. The second kappa shape index (κ2) is 7.22. The Hall–Kier alpha value is -2.65. The van der Waals surface area contributed by atoms with Crippen LogP contribution in [0.5, 0.6) is 0 Å². The molecule has 0 aliphatic rings. The molecule has 2 aromatic rings. The lowest BCUT2D eigenvalue weighted by Crippen LogP contribution is -2.28. The normalized spacial score (nSPS) is 9.81. The van der Waals surface area contributed by atoms with Gasteiger partial charge in [-0.15, -0.1) is 0 Å². The number of aliphatic hydroxyl groups is 1. The van der Waals surface area contributed by atoms with Crippen LogP contribution in [0.15, 0.2) is 30.7 Å². The molecule has 0 aliphatic heterocycles. The van der Waals surface area contributed by atoms with Crippen LogP contribution in [0.3, 0.4) is 0 Å². The number of amides is 1. The molecule has 0 unspecified atom stereocenters. The van der Waals surface area contributed by atoms with Crippen molar-refractivity contribution in [2.75, 3.05) is 13.2 Å². The van der Waals surface area contributed by atoms with Crippen LogP contribution in [0.25, 0.3) is 0 Å². The van der Waals surface area contributed by atoms with Gasteiger partial charge in [0.25, 0.3) is 5.91 Å². The Morgan fingerprint density at radius 3 is 3.10 bits per heavy atom. The zero-order valence-electron chi connectivity index (χ0n) is 11.7. The lowest BCUT2D eigenvalue weighted by Gasteiger charge is -2.06. The van der Waals surface area contributed by atoms with Crippen molar-refractivity contribution in [3.05, 3.63) is 47.5 Å². The molecule has 2 N–H and O–H groups in total. The predicted molar refractivity (Wildman–Crippen MR) is 77.5 cm³/mol. The number of aliphatic hydroxyl groups excluding tert-OH is 1. The van der Waals surface area contributed by atoms with E-state index in [4.69, 9.17) is 5.11 Å². The first kappa shape index (κ1) is 14.8. The van der Waals surface area contributed by atoms with Crippen LogP contribution in [0, 0.1) is 18.8 Å². The maximum absolute atomic E-state index is 12.1. The lowest BCUT2D eigenvalue weighted by molar-refractivity contribution is 0.0946. The number of nitrogens with one attached hydrogen (secondary N) is 1. The van der Waals surface area contributed by atoms with Crippen molar-refractivity contribution >= 4 is 5.91 Å². The molecule has 0 saturated carbocycles. The average Bonchev–Trinajstić information content (AvgIpc) is 2.91. The summed E-state index contributed by atoms with van der Waals surface area (Å²) in [5.74, 6) is 4.94. The van der Waals surface area contributed by atoms with Gasteiger partial charge in [0.15, 0.2) is 0 Å². The molecule has 1 amide bonds. The fourth-order valence-electron chi connectivity index (χ4n) is 1.78. The summed E-state index contributed by atoms with van der Waals surface area (Å²) in [7, 11) is 0. The van der Waals surface area contributed by atoms with Crippen molar-refractivity contribution in [3.63, 3.8) is 0 Å². The minimum atomic E-state index is -0.290. The summed E-state index contributed by atoms with van der Waals surface area (Å²) in [5, 5.41) is 15.6. The van der Waals surface area contributed by atoms with E-state index in [-0.39, 0.29) is 18.2 Å². The highest BCUT2D eigenvalue weighted by atomic mass is 16.2. The molecule has 0 saturated heterocycles. The second-order valence-corrected chi connectivity index (χ2v) is 4.40. The molecule has 2 heterocycles. The van der Waals surface area contributed by atoms with E-state index in [1.165, 1.54) is 6.20 Å². The van der Waals surface area contributed by atoms with Gasteiger partial charge in [-0.25, -0.2) is 4.98 Å². The Bertz CT molecular complexity index is 682. The number of pyridine rings is 1. The molecule has 21 heavy (non-hydrogen) atoms. The third-order valence-electron chi connectivity index (χ3n) is 2.71. The molecule has 2 rings (SSSR count). The Kier molecular flexibility index (Phi) is 5.07. The van der Waals surface area contributed by atoms with Crippen LogP contribution in [-0.2, 0) is 6.54 Å². The van der Waals surface area contributed by atoms with Gasteiger partial charge >= 0.3 is 0 Å². The van der Waals surface area contributed by atoms with Crippen molar-refractivity contribution < 1.29 is 9.90 Å². The fourth-order valence-corrected chi connectivity index (χ4v) is 1.78. The van der Waals surface area contributed by atoms with Gasteiger partial charge in [0.05, 0.1) is 18.3 Å². The number of aryl methyl sites for hydroxylation is 1. The molecule has 108 valence electrons. The predicted octanol–water partition coefficient (Wildman–Crippen LogP) is 0.360. The van der Waals surface area contributed by atoms with Crippen molar-refractivity contribution in [1.82, 2.24) is 20.1 Å². The van der Waals surface area contributed by atoms with E-state index < -0.39 is 0 Å². The van der Waals surface area contributed by atoms with E-state index in [0.29, 0.717) is 18.7 Å². The van der Waals surface area contributed by atoms with E-state index in [1.54, 1.807) is 23.0 Å². The molecule has 0 radical (unpaired) electrons. The summed E-state index contributed by atoms with van der Waals surface area (Å²) < 4.78 is 1.76. The van der Waals surface area contributed by atoms with Gasteiger partial charge in [-0.2, -0.15) is 5.10 Å². The van der Waals surface area contributed by atoms with Crippen LogP contribution >= 0.6 is 0 Å². The largest absolute Gasteiger partial charge is 0.384 e. The first-order valence-electron chi connectivity index (χ1n) is 6.52. The number of carbonyl (C=O) groups excluding carboxylic acids is 1. The SMILES string of the molecule is Cc1cnn(CCNC(=O)c2ncccc2C#CCO)c1. The van der Waals surface area contributed by atoms with E-state index in [0.717, 1.165) is 5.56 Å². The van der Waals surface area contributed by atoms with Crippen LogP contribution in [0.1, 0.15) is 21.6 Å². The van der Waals surface area contributed by atoms with Crippen LogP contribution in [0.2, 0.25) is 0 Å². The molecule has 2 aromatic heterocycles. The summed E-state index contributed by atoms with van der Waals surface area (Å²) in [5.41, 5.74) is 1.83. The summed E-state index contributed by atoms with van der Waals surface area (Å²) in [6, 6.07) is 3.39. The summed E-state index contributed by atoms with van der Waals surface area (Å²) in [6.45, 7) is 2.74. The van der Waals surface area contributed by atoms with Crippen molar-refractivity contribution in [3.8, 4) is 11.8 Å². The molecule has 6 nitrogen and oxygen atoms in total. The van der Waals surface area contributed by atoms with Crippen molar-refractivity contribution in [2.24, 2.45) is 0 Å². The van der Waals surface area contributed by atoms with Crippen LogP contribution < -0.4 is 5.32 Å². The molecule has 0 aromatic carbocycles. The maximum atomic E-state index is 12.1. The van der Waals surface area contributed by atoms with Crippen molar-refractivity contribution in [2.45, 2.75) is 13.5 Å². The Labute approximate surface area is 122 Å². The Balaban J connectivity index is 1.97. The smallest absolute Gasteiger partial charge is 0.271 e. The molecule has 0 atom stereocenters. The van der Waals surface area contributed by atoms with Gasteiger partial charge in [-0.1, -0.05) is 11.8 Å². The van der Waals surface area contributed by atoms with Gasteiger partial charge in [0.2, 0.25) is 0 Å². The standard InChI is InChI=1S/C15H16N4O2/c1-12-10-18-19(11-12)8-7-17-15(21)14-13(5-3-9-20)4-2-6-16-14/h2,4,6,10-11,20H,7-9H2,1H3,(H,17,21). The van der Waals surface area contributed by atoms with E-state index in [9.17, 15) is 4.79 Å². The first-order chi connectivity index (χ1) is 10.2. The van der Waals surface area contributed by atoms with E-state index >= 15 is 0 Å². The second-order valence-electron chi connectivity index (χ2n) is 4.40. The Morgan fingerprint density at radius 2 is 2.38 bits per heavy atom. The monoisotopic (exact) mass is 284 g/mol. The average molecular weight is 284 g/mol. The summed E-state index contributed by atoms with van der Waals surface area (Å²) >= 11 is 0. The highest BCUT2D eigenvalue weighted by Crippen LogP contribution is 2.03. The summed E-state index contributed by atoms with van der Waals surface area (Å²) in [4.78, 5) is 16.1. The van der Waals surface area contributed by atoms with Gasteiger partial charge in [-0.3, -0.25) is 9.48 Å². The van der Waals surface area contributed by atoms with Gasteiger partial charge in [-0.05, 0) is 24.6 Å². The van der Waals surface area contributed by atoms with Gasteiger partial charge < -0.3 is 10.4 Å². The zero-order chi connectivity index (χ0) is 15.1. The van der Waals surface area contributed by atoms with E-state index in [2.05, 4.69) is 27.2 Å². The van der Waals surface area contributed by atoms with Crippen LogP contribution in [-0.4, -0.2) is 38.9 Å². The first-order valence-corrected chi connectivity index (χ1v) is 6.52. The van der Waals surface area contributed by atoms with E-state index in [1.807, 2.05) is 13.1 Å².